The molecule has 17 heavy (non-hydrogen) atoms. The number of carboxylic acid groups (broad SMARTS) is 1. The van der Waals surface area contributed by atoms with Gasteiger partial charge in [0.05, 0.1) is 0 Å². The standard InChI is InChI=1S/C13H21NO3/c1-8-4-5-14(10(6-8)12(16)17)11(15)9-7-13(9,2)3/h8-10H,4-7H2,1-3H3,(H,16,17)/t8?,9-,10?/m1/s1. The third kappa shape index (κ3) is 2.31. The SMILES string of the molecule is CC1CCN(C(=O)[C@H]2CC2(C)C)C(C(=O)O)C1. The Morgan fingerprint density at radius 3 is 2.41 bits per heavy atom. The largest absolute Gasteiger partial charge is 0.480 e. The fourth-order valence-electron chi connectivity index (χ4n) is 2.73. The van der Waals surface area contributed by atoms with Crippen molar-refractivity contribution in [1.29, 1.82) is 0 Å². The smallest absolute Gasteiger partial charge is 0.326 e. The summed E-state index contributed by atoms with van der Waals surface area (Å²) in [5.74, 6) is -0.372. The van der Waals surface area contributed by atoms with Crippen molar-refractivity contribution in [3.8, 4) is 0 Å². The summed E-state index contributed by atoms with van der Waals surface area (Å²) in [7, 11) is 0. The summed E-state index contributed by atoms with van der Waals surface area (Å²) < 4.78 is 0. The second-order valence-corrected chi connectivity index (χ2v) is 6.26. The molecule has 3 atom stereocenters. The van der Waals surface area contributed by atoms with Crippen molar-refractivity contribution in [2.45, 2.75) is 46.1 Å². The highest BCUT2D eigenvalue weighted by molar-refractivity contribution is 5.87. The normalized spacial score (nSPS) is 35.5. The van der Waals surface area contributed by atoms with E-state index in [1.165, 1.54) is 0 Å². The molecule has 0 aromatic carbocycles. The third-order valence-electron chi connectivity index (χ3n) is 4.24. The topological polar surface area (TPSA) is 57.6 Å². The van der Waals surface area contributed by atoms with Gasteiger partial charge in [0, 0.05) is 12.5 Å². The van der Waals surface area contributed by atoms with Crippen LogP contribution in [0.3, 0.4) is 0 Å². The Labute approximate surface area is 102 Å². The number of carbonyl (C=O) groups excluding carboxylic acids is 1. The summed E-state index contributed by atoms with van der Waals surface area (Å²) in [4.78, 5) is 25.1. The summed E-state index contributed by atoms with van der Waals surface area (Å²) in [6, 6.07) is -0.609. The Balaban J connectivity index is 2.08. The van der Waals surface area contributed by atoms with Crippen LogP contribution in [0, 0.1) is 17.3 Å². The molecule has 0 aromatic heterocycles. The van der Waals surface area contributed by atoms with E-state index in [0.29, 0.717) is 18.9 Å². The van der Waals surface area contributed by atoms with Gasteiger partial charge in [0.25, 0.3) is 0 Å². The summed E-state index contributed by atoms with van der Waals surface area (Å²) in [5.41, 5.74) is 0.0726. The lowest BCUT2D eigenvalue weighted by Crippen LogP contribution is -2.50. The first-order valence-electron chi connectivity index (χ1n) is 6.36. The van der Waals surface area contributed by atoms with Crippen molar-refractivity contribution >= 4 is 11.9 Å². The first-order chi connectivity index (χ1) is 7.83. The van der Waals surface area contributed by atoms with Gasteiger partial charge in [-0.2, -0.15) is 0 Å². The van der Waals surface area contributed by atoms with Crippen LogP contribution in [0.4, 0.5) is 0 Å². The number of rotatable bonds is 2. The van der Waals surface area contributed by atoms with E-state index in [1.807, 2.05) is 0 Å². The van der Waals surface area contributed by atoms with Crippen LogP contribution in [0.1, 0.15) is 40.0 Å². The van der Waals surface area contributed by atoms with Gasteiger partial charge in [-0.3, -0.25) is 4.79 Å². The lowest BCUT2D eigenvalue weighted by Gasteiger charge is -2.36. The number of hydrogen-bond donors (Lipinski definition) is 1. The molecule has 2 rings (SSSR count). The quantitative estimate of drug-likeness (QED) is 0.798. The predicted octanol–water partition coefficient (Wildman–Crippen LogP) is 1.74. The van der Waals surface area contributed by atoms with Crippen LogP contribution in [0.15, 0.2) is 0 Å². The maximum Gasteiger partial charge on any atom is 0.326 e. The van der Waals surface area contributed by atoms with Gasteiger partial charge in [-0.1, -0.05) is 20.8 Å². The van der Waals surface area contributed by atoms with Crippen LogP contribution >= 0.6 is 0 Å². The van der Waals surface area contributed by atoms with Crippen molar-refractivity contribution in [2.75, 3.05) is 6.54 Å². The van der Waals surface area contributed by atoms with Crippen molar-refractivity contribution < 1.29 is 14.7 Å². The first kappa shape index (κ1) is 12.4. The van der Waals surface area contributed by atoms with Gasteiger partial charge < -0.3 is 10.0 Å². The highest BCUT2D eigenvalue weighted by Crippen LogP contribution is 2.52. The molecule has 2 aliphatic rings. The zero-order valence-corrected chi connectivity index (χ0v) is 10.8. The minimum Gasteiger partial charge on any atom is -0.480 e. The minimum atomic E-state index is -0.858. The van der Waals surface area contributed by atoms with Crippen LogP contribution in [-0.2, 0) is 9.59 Å². The van der Waals surface area contributed by atoms with E-state index in [4.69, 9.17) is 0 Å². The molecule has 1 heterocycles. The monoisotopic (exact) mass is 239 g/mol. The molecule has 2 unspecified atom stereocenters. The fraction of sp³-hybridized carbons (Fsp3) is 0.846. The molecular weight excluding hydrogens is 218 g/mol. The molecule has 4 heteroatoms. The molecule has 4 nitrogen and oxygen atoms in total. The lowest BCUT2D eigenvalue weighted by atomic mass is 9.91. The molecule has 1 saturated heterocycles. The molecule has 1 aliphatic carbocycles. The van der Waals surface area contributed by atoms with Crippen LogP contribution in [-0.4, -0.2) is 34.5 Å². The highest BCUT2D eigenvalue weighted by atomic mass is 16.4. The number of nitrogens with zero attached hydrogens (tertiary/aromatic N) is 1. The first-order valence-corrected chi connectivity index (χ1v) is 6.36. The Hall–Kier alpha value is -1.06. The van der Waals surface area contributed by atoms with Crippen LogP contribution in [0.25, 0.3) is 0 Å². The maximum atomic E-state index is 12.3. The molecule has 0 spiro atoms. The molecular formula is C13H21NO3. The molecule has 1 amide bonds. The Kier molecular flexibility index (Phi) is 2.92. The number of piperidine rings is 1. The summed E-state index contributed by atoms with van der Waals surface area (Å²) in [5, 5.41) is 9.21. The van der Waals surface area contributed by atoms with E-state index >= 15 is 0 Å². The number of aliphatic carboxylic acids is 1. The second kappa shape index (κ2) is 4.00. The van der Waals surface area contributed by atoms with E-state index in [1.54, 1.807) is 4.90 Å². The van der Waals surface area contributed by atoms with Gasteiger partial charge in [-0.25, -0.2) is 4.79 Å². The highest BCUT2D eigenvalue weighted by Gasteiger charge is 2.53. The molecule has 0 bridgehead atoms. The average Bonchev–Trinajstić information content (AvgIpc) is 2.86. The average molecular weight is 239 g/mol. The summed E-state index contributed by atoms with van der Waals surface area (Å²) in [6.45, 7) is 6.79. The van der Waals surface area contributed by atoms with Crippen molar-refractivity contribution in [3.05, 3.63) is 0 Å². The van der Waals surface area contributed by atoms with Gasteiger partial charge in [0.15, 0.2) is 0 Å². The van der Waals surface area contributed by atoms with Crippen molar-refractivity contribution in [2.24, 2.45) is 17.3 Å². The van der Waals surface area contributed by atoms with Crippen molar-refractivity contribution in [3.63, 3.8) is 0 Å². The molecule has 1 N–H and O–H groups in total. The lowest BCUT2D eigenvalue weighted by molar-refractivity contribution is -0.154. The number of hydrogen-bond acceptors (Lipinski definition) is 2. The molecule has 0 aromatic rings. The van der Waals surface area contributed by atoms with E-state index in [2.05, 4.69) is 20.8 Å². The molecule has 0 radical (unpaired) electrons. The van der Waals surface area contributed by atoms with Gasteiger partial charge in [-0.15, -0.1) is 0 Å². The van der Waals surface area contributed by atoms with Crippen LogP contribution in [0.2, 0.25) is 0 Å². The molecule has 1 aliphatic heterocycles. The Bertz CT molecular complexity index is 351. The third-order valence-corrected chi connectivity index (χ3v) is 4.24. The van der Waals surface area contributed by atoms with Gasteiger partial charge in [-0.05, 0) is 30.6 Å². The predicted molar refractivity (Wildman–Crippen MR) is 63.4 cm³/mol. The summed E-state index contributed by atoms with van der Waals surface area (Å²) >= 11 is 0. The Morgan fingerprint density at radius 1 is 1.35 bits per heavy atom. The zero-order chi connectivity index (χ0) is 12.8. The molecule has 96 valence electrons. The Morgan fingerprint density at radius 2 is 1.94 bits per heavy atom. The van der Waals surface area contributed by atoms with Crippen LogP contribution in [0.5, 0.6) is 0 Å². The summed E-state index contributed by atoms with van der Waals surface area (Å²) in [6.07, 6.45) is 2.40. The minimum absolute atomic E-state index is 0.0396. The maximum absolute atomic E-state index is 12.3. The number of carbonyl (C=O) groups is 2. The number of likely N-dealkylation sites (tertiary alicyclic amines) is 1. The van der Waals surface area contributed by atoms with Crippen LogP contribution < -0.4 is 0 Å². The molecule has 2 fully saturated rings. The molecule has 1 saturated carbocycles. The van der Waals surface area contributed by atoms with Gasteiger partial charge >= 0.3 is 5.97 Å². The van der Waals surface area contributed by atoms with Gasteiger partial charge in [0.2, 0.25) is 5.91 Å². The van der Waals surface area contributed by atoms with Crippen molar-refractivity contribution in [1.82, 2.24) is 4.90 Å². The van der Waals surface area contributed by atoms with E-state index in [0.717, 1.165) is 12.8 Å². The van der Waals surface area contributed by atoms with E-state index < -0.39 is 12.0 Å². The number of amides is 1. The van der Waals surface area contributed by atoms with Gasteiger partial charge in [0.1, 0.15) is 6.04 Å². The zero-order valence-electron chi connectivity index (χ0n) is 10.8. The second-order valence-electron chi connectivity index (χ2n) is 6.26. The fourth-order valence-corrected chi connectivity index (χ4v) is 2.73. The number of carboxylic acids is 1. The van der Waals surface area contributed by atoms with E-state index in [9.17, 15) is 14.7 Å². The van der Waals surface area contributed by atoms with E-state index in [-0.39, 0.29) is 17.2 Å².